The third-order valence-electron chi connectivity index (χ3n) is 2.46. The lowest BCUT2D eigenvalue weighted by molar-refractivity contribution is 0.624. The van der Waals surface area contributed by atoms with Gasteiger partial charge >= 0.3 is 0 Å². The quantitative estimate of drug-likeness (QED) is 0.840. The van der Waals surface area contributed by atoms with Crippen LogP contribution >= 0.6 is 0 Å². The smallest absolute Gasteiger partial charge is 0.0597 e. The summed E-state index contributed by atoms with van der Waals surface area (Å²) in [5.41, 5.74) is 3.45. The topological polar surface area (TPSA) is 42.7 Å². The molecule has 84 valence electrons. The predicted molar refractivity (Wildman–Crippen MR) is 62.7 cm³/mol. The van der Waals surface area contributed by atoms with Crippen molar-refractivity contribution in [2.24, 2.45) is 7.05 Å². The van der Waals surface area contributed by atoms with Crippen LogP contribution in [-0.4, -0.2) is 14.8 Å². The summed E-state index contributed by atoms with van der Waals surface area (Å²) >= 11 is 0. The second-order valence-electron chi connectivity index (χ2n) is 3.87. The van der Waals surface area contributed by atoms with E-state index in [-0.39, 0.29) is 0 Å². The lowest BCUT2D eigenvalue weighted by Crippen LogP contribution is -2.15. The Kier molecular flexibility index (Phi) is 3.31. The first-order chi connectivity index (χ1) is 7.75. The molecule has 0 aliphatic rings. The van der Waals surface area contributed by atoms with Gasteiger partial charge in [-0.3, -0.25) is 9.67 Å². The van der Waals surface area contributed by atoms with Gasteiger partial charge in [-0.25, -0.2) is 0 Å². The van der Waals surface area contributed by atoms with Gasteiger partial charge in [0.05, 0.1) is 11.4 Å². The Balaban J connectivity index is 1.87. The van der Waals surface area contributed by atoms with E-state index in [2.05, 4.69) is 27.5 Å². The first kappa shape index (κ1) is 10.8. The zero-order valence-electron chi connectivity index (χ0n) is 9.64. The van der Waals surface area contributed by atoms with Gasteiger partial charge in [-0.2, -0.15) is 5.10 Å². The number of aromatic nitrogens is 3. The predicted octanol–water partition coefficient (Wildman–Crippen LogP) is 1.41. The normalized spacial score (nSPS) is 10.6. The molecule has 0 bridgehead atoms. The molecular formula is C12H16N4. The molecule has 2 aromatic heterocycles. The highest BCUT2D eigenvalue weighted by molar-refractivity contribution is 5.10. The van der Waals surface area contributed by atoms with E-state index in [1.54, 1.807) is 6.20 Å². The summed E-state index contributed by atoms with van der Waals surface area (Å²) in [5, 5.41) is 7.67. The largest absolute Gasteiger partial charge is 0.307 e. The molecule has 4 nitrogen and oxygen atoms in total. The SMILES string of the molecule is Cc1cc(CNCc2cccnc2)n(C)n1. The van der Waals surface area contributed by atoms with Crippen molar-refractivity contribution in [3.8, 4) is 0 Å². The minimum atomic E-state index is 0.826. The van der Waals surface area contributed by atoms with Crippen LogP contribution in [0.15, 0.2) is 30.6 Å². The zero-order chi connectivity index (χ0) is 11.4. The molecule has 0 saturated carbocycles. The number of aryl methyl sites for hydroxylation is 2. The molecule has 0 spiro atoms. The number of pyridine rings is 1. The summed E-state index contributed by atoms with van der Waals surface area (Å²) in [7, 11) is 1.97. The molecule has 2 rings (SSSR count). The lowest BCUT2D eigenvalue weighted by atomic mass is 10.3. The van der Waals surface area contributed by atoms with Crippen LogP contribution in [0.2, 0.25) is 0 Å². The van der Waals surface area contributed by atoms with Crippen molar-refractivity contribution in [1.82, 2.24) is 20.1 Å². The van der Waals surface area contributed by atoms with Crippen molar-refractivity contribution in [3.63, 3.8) is 0 Å². The van der Waals surface area contributed by atoms with Crippen LogP contribution in [-0.2, 0) is 20.1 Å². The summed E-state index contributed by atoms with van der Waals surface area (Å²) in [5.74, 6) is 0. The molecule has 0 aliphatic heterocycles. The first-order valence-corrected chi connectivity index (χ1v) is 5.35. The van der Waals surface area contributed by atoms with Crippen molar-refractivity contribution in [2.75, 3.05) is 0 Å². The Morgan fingerprint density at radius 3 is 2.88 bits per heavy atom. The van der Waals surface area contributed by atoms with E-state index in [9.17, 15) is 0 Å². The van der Waals surface area contributed by atoms with E-state index in [1.165, 1.54) is 11.3 Å². The summed E-state index contributed by atoms with van der Waals surface area (Å²) < 4.78 is 1.91. The standard InChI is InChI=1S/C12H16N4/c1-10-6-12(16(2)15-10)9-14-8-11-4-3-5-13-7-11/h3-7,14H,8-9H2,1-2H3. The van der Waals surface area contributed by atoms with Crippen molar-refractivity contribution < 1.29 is 0 Å². The third-order valence-corrected chi connectivity index (χ3v) is 2.46. The highest BCUT2D eigenvalue weighted by Gasteiger charge is 2.00. The van der Waals surface area contributed by atoms with Crippen LogP contribution < -0.4 is 5.32 Å². The Labute approximate surface area is 95.3 Å². The molecule has 16 heavy (non-hydrogen) atoms. The molecule has 2 aromatic rings. The molecule has 0 unspecified atom stereocenters. The Morgan fingerprint density at radius 2 is 2.25 bits per heavy atom. The van der Waals surface area contributed by atoms with E-state index >= 15 is 0 Å². The van der Waals surface area contributed by atoms with Crippen molar-refractivity contribution in [1.29, 1.82) is 0 Å². The van der Waals surface area contributed by atoms with Gasteiger partial charge in [-0.05, 0) is 24.6 Å². The van der Waals surface area contributed by atoms with Gasteiger partial charge in [0, 0.05) is 32.5 Å². The molecular weight excluding hydrogens is 200 g/mol. The Hall–Kier alpha value is -1.68. The molecule has 2 heterocycles. The van der Waals surface area contributed by atoms with Gasteiger partial charge in [-0.15, -0.1) is 0 Å². The molecule has 4 heteroatoms. The van der Waals surface area contributed by atoms with Crippen molar-refractivity contribution in [2.45, 2.75) is 20.0 Å². The fraction of sp³-hybridized carbons (Fsp3) is 0.333. The molecule has 0 fully saturated rings. The second-order valence-corrected chi connectivity index (χ2v) is 3.87. The molecule has 0 radical (unpaired) electrons. The van der Waals surface area contributed by atoms with Gasteiger partial charge in [-0.1, -0.05) is 6.07 Å². The third kappa shape index (κ3) is 2.67. The van der Waals surface area contributed by atoms with Crippen LogP contribution in [0.5, 0.6) is 0 Å². The van der Waals surface area contributed by atoms with E-state index in [4.69, 9.17) is 0 Å². The van der Waals surface area contributed by atoms with Crippen LogP contribution in [0.3, 0.4) is 0 Å². The highest BCUT2D eigenvalue weighted by Crippen LogP contribution is 2.02. The summed E-state index contributed by atoms with van der Waals surface area (Å²) in [4.78, 5) is 4.07. The molecule has 0 atom stereocenters. The molecule has 0 amide bonds. The van der Waals surface area contributed by atoms with Crippen LogP contribution in [0.25, 0.3) is 0 Å². The van der Waals surface area contributed by atoms with Gasteiger partial charge in [0.2, 0.25) is 0 Å². The maximum absolute atomic E-state index is 4.30. The number of hydrogen-bond acceptors (Lipinski definition) is 3. The second kappa shape index (κ2) is 4.90. The van der Waals surface area contributed by atoms with E-state index in [0.717, 1.165) is 18.8 Å². The lowest BCUT2D eigenvalue weighted by Gasteiger charge is -2.04. The molecule has 0 aliphatic carbocycles. The summed E-state index contributed by atoms with van der Waals surface area (Å²) in [6.07, 6.45) is 3.66. The number of nitrogens with one attached hydrogen (secondary N) is 1. The highest BCUT2D eigenvalue weighted by atomic mass is 15.3. The minimum Gasteiger partial charge on any atom is -0.307 e. The van der Waals surface area contributed by atoms with Gasteiger partial charge in [0.1, 0.15) is 0 Å². The Morgan fingerprint density at radius 1 is 1.38 bits per heavy atom. The number of hydrogen-bond donors (Lipinski definition) is 1. The molecule has 0 saturated heterocycles. The van der Waals surface area contributed by atoms with E-state index in [0.29, 0.717) is 0 Å². The fourth-order valence-corrected chi connectivity index (χ4v) is 1.67. The Bertz CT molecular complexity index is 447. The van der Waals surface area contributed by atoms with Gasteiger partial charge in [0.15, 0.2) is 0 Å². The number of nitrogens with zero attached hydrogens (tertiary/aromatic N) is 3. The van der Waals surface area contributed by atoms with E-state index < -0.39 is 0 Å². The van der Waals surface area contributed by atoms with Crippen molar-refractivity contribution in [3.05, 3.63) is 47.5 Å². The summed E-state index contributed by atoms with van der Waals surface area (Å²) in [6.45, 7) is 3.66. The van der Waals surface area contributed by atoms with Crippen LogP contribution in [0.1, 0.15) is 17.0 Å². The monoisotopic (exact) mass is 216 g/mol. The van der Waals surface area contributed by atoms with E-state index in [1.807, 2.05) is 30.9 Å². The maximum Gasteiger partial charge on any atom is 0.0597 e. The summed E-state index contributed by atoms with van der Waals surface area (Å²) in [6, 6.07) is 6.11. The first-order valence-electron chi connectivity index (χ1n) is 5.35. The van der Waals surface area contributed by atoms with Crippen LogP contribution in [0.4, 0.5) is 0 Å². The average Bonchev–Trinajstić information content (AvgIpc) is 2.59. The fourth-order valence-electron chi connectivity index (χ4n) is 1.67. The van der Waals surface area contributed by atoms with Crippen LogP contribution in [0, 0.1) is 6.92 Å². The minimum absolute atomic E-state index is 0.826. The number of rotatable bonds is 4. The maximum atomic E-state index is 4.30. The van der Waals surface area contributed by atoms with Crippen molar-refractivity contribution >= 4 is 0 Å². The molecule has 0 aromatic carbocycles. The molecule has 1 N–H and O–H groups in total. The zero-order valence-corrected chi connectivity index (χ0v) is 9.64. The van der Waals surface area contributed by atoms with Gasteiger partial charge in [0.25, 0.3) is 0 Å². The average molecular weight is 216 g/mol. The van der Waals surface area contributed by atoms with Gasteiger partial charge < -0.3 is 5.32 Å².